The SMILES string of the molecule is CCCCCCCCCCCCCOCCOCCOCCOCCOCCOCCOS(=O)(=O)c1ccc(C)cc1. The van der Waals surface area contributed by atoms with Gasteiger partial charge in [0.25, 0.3) is 10.1 Å². The second-order valence-corrected chi connectivity index (χ2v) is 11.9. The van der Waals surface area contributed by atoms with Crippen molar-refractivity contribution in [3.05, 3.63) is 29.8 Å². The molecule has 0 unspecified atom stereocenters. The lowest BCUT2D eigenvalue weighted by atomic mass is 10.1. The highest BCUT2D eigenvalue weighted by Crippen LogP contribution is 2.13. The lowest BCUT2D eigenvalue weighted by molar-refractivity contribution is -0.0178. The molecule has 0 atom stereocenters. The number of hydrogen-bond acceptors (Lipinski definition) is 9. The Hall–Kier alpha value is -1.11. The molecule has 0 aliphatic heterocycles. The number of unbranched alkanes of at least 4 members (excludes halogenated alkanes) is 10. The number of benzene rings is 1. The van der Waals surface area contributed by atoms with E-state index in [0.29, 0.717) is 66.1 Å². The molecule has 0 radical (unpaired) electrons. The summed E-state index contributed by atoms with van der Waals surface area (Å²) in [6.07, 6.45) is 14.8. The van der Waals surface area contributed by atoms with Crippen LogP contribution in [0.25, 0.3) is 0 Å². The van der Waals surface area contributed by atoms with Crippen molar-refractivity contribution in [2.45, 2.75) is 89.4 Å². The van der Waals surface area contributed by atoms with Crippen molar-refractivity contribution in [1.82, 2.24) is 0 Å². The molecule has 0 aliphatic rings. The van der Waals surface area contributed by atoms with Crippen LogP contribution >= 0.6 is 0 Å². The average Bonchev–Trinajstić information content (AvgIpc) is 2.98. The van der Waals surface area contributed by atoms with Crippen LogP contribution in [0.5, 0.6) is 0 Å². The van der Waals surface area contributed by atoms with Gasteiger partial charge in [-0.05, 0) is 25.5 Å². The maximum absolute atomic E-state index is 12.1. The Kier molecular flexibility index (Phi) is 26.5. The molecule has 10 heteroatoms. The summed E-state index contributed by atoms with van der Waals surface area (Å²) in [7, 11) is -3.76. The van der Waals surface area contributed by atoms with E-state index in [1.807, 2.05) is 6.92 Å². The van der Waals surface area contributed by atoms with Crippen molar-refractivity contribution < 1.29 is 41.0 Å². The van der Waals surface area contributed by atoms with Gasteiger partial charge >= 0.3 is 0 Å². The average molecular weight is 619 g/mol. The van der Waals surface area contributed by atoms with Crippen LogP contribution in [0.15, 0.2) is 29.2 Å². The lowest BCUT2D eigenvalue weighted by Crippen LogP contribution is -2.15. The summed E-state index contributed by atoms with van der Waals surface area (Å²) in [6, 6.07) is 6.52. The topological polar surface area (TPSA) is 98.8 Å². The first-order valence-electron chi connectivity index (χ1n) is 16.0. The molecule has 246 valence electrons. The second kappa shape index (κ2) is 28.6. The molecule has 9 nitrogen and oxygen atoms in total. The van der Waals surface area contributed by atoms with Gasteiger partial charge in [-0.3, -0.25) is 4.18 Å². The van der Waals surface area contributed by atoms with E-state index in [9.17, 15) is 8.42 Å². The fraction of sp³-hybridized carbons (Fsp3) is 0.812. The van der Waals surface area contributed by atoms with Gasteiger partial charge in [-0.2, -0.15) is 8.42 Å². The minimum absolute atomic E-state index is 0.0440. The molecule has 0 bridgehead atoms. The van der Waals surface area contributed by atoms with E-state index in [0.717, 1.165) is 18.6 Å². The monoisotopic (exact) mass is 618 g/mol. The van der Waals surface area contributed by atoms with Crippen LogP contribution in [0.3, 0.4) is 0 Å². The summed E-state index contributed by atoms with van der Waals surface area (Å²) in [5.74, 6) is 0. The molecule has 1 rings (SSSR count). The van der Waals surface area contributed by atoms with Gasteiger partial charge in [0, 0.05) is 6.61 Å². The van der Waals surface area contributed by atoms with Crippen LogP contribution in [0, 0.1) is 6.92 Å². The number of rotatable bonds is 32. The molecule has 1 aromatic rings. The Morgan fingerprint density at radius 1 is 0.452 bits per heavy atom. The van der Waals surface area contributed by atoms with Crippen molar-refractivity contribution in [1.29, 1.82) is 0 Å². The van der Waals surface area contributed by atoms with Gasteiger partial charge in [-0.1, -0.05) is 88.8 Å². The zero-order valence-corrected chi connectivity index (χ0v) is 27.2. The van der Waals surface area contributed by atoms with E-state index < -0.39 is 10.1 Å². The summed E-state index contributed by atoms with van der Waals surface area (Å²) >= 11 is 0. The Bertz CT molecular complexity index is 803. The predicted octanol–water partition coefficient (Wildman–Crippen LogP) is 6.11. The van der Waals surface area contributed by atoms with Gasteiger partial charge in [-0.15, -0.1) is 0 Å². The van der Waals surface area contributed by atoms with Crippen molar-refractivity contribution in [2.75, 3.05) is 85.9 Å². The van der Waals surface area contributed by atoms with Crippen molar-refractivity contribution in [3.8, 4) is 0 Å². The summed E-state index contributed by atoms with van der Waals surface area (Å²) in [5, 5.41) is 0. The molecule has 0 spiro atoms. The fourth-order valence-electron chi connectivity index (χ4n) is 4.05. The van der Waals surface area contributed by atoms with Gasteiger partial charge in [0.15, 0.2) is 0 Å². The highest BCUT2D eigenvalue weighted by Gasteiger charge is 2.14. The third-order valence-electron chi connectivity index (χ3n) is 6.53. The minimum atomic E-state index is -3.76. The molecule has 42 heavy (non-hydrogen) atoms. The fourth-order valence-corrected chi connectivity index (χ4v) is 4.94. The summed E-state index contributed by atoms with van der Waals surface area (Å²) < 4.78 is 62.0. The molecule has 1 aromatic carbocycles. The molecule has 0 aliphatic carbocycles. The van der Waals surface area contributed by atoms with Crippen LogP contribution in [0.1, 0.15) is 83.1 Å². The maximum atomic E-state index is 12.1. The lowest BCUT2D eigenvalue weighted by Gasteiger charge is -2.09. The smallest absolute Gasteiger partial charge is 0.297 e. The summed E-state index contributed by atoms with van der Waals surface area (Å²) in [6.45, 7) is 10.1. The van der Waals surface area contributed by atoms with Crippen molar-refractivity contribution >= 4 is 10.1 Å². The highest BCUT2D eigenvalue weighted by molar-refractivity contribution is 7.86. The number of ether oxygens (including phenoxy) is 6. The van der Waals surface area contributed by atoms with E-state index in [4.69, 9.17) is 32.6 Å². The van der Waals surface area contributed by atoms with Crippen LogP contribution < -0.4 is 0 Å². The Labute approximate surface area is 256 Å². The number of aryl methyl sites for hydroxylation is 1. The standard InChI is InChI=1S/C32H58O9S/c1-3-4-5-6-7-8-9-10-11-12-13-18-35-19-20-36-21-22-37-23-24-38-25-26-39-27-28-40-29-30-41-42(33,34)32-16-14-31(2)15-17-32/h14-17H,3-13,18-30H2,1-2H3. The third-order valence-corrected chi connectivity index (χ3v) is 7.85. The molecule has 0 saturated heterocycles. The van der Waals surface area contributed by atoms with E-state index in [1.54, 1.807) is 12.1 Å². The predicted molar refractivity (Wildman–Crippen MR) is 166 cm³/mol. The van der Waals surface area contributed by atoms with Gasteiger partial charge in [-0.25, -0.2) is 0 Å². The minimum Gasteiger partial charge on any atom is -0.379 e. The molecular weight excluding hydrogens is 560 g/mol. The van der Waals surface area contributed by atoms with E-state index in [-0.39, 0.29) is 18.1 Å². The zero-order chi connectivity index (χ0) is 30.4. The Morgan fingerprint density at radius 3 is 1.19 bits per heavy atom. The number of hydrogen-bond donors (Lipinski definition) is 0. The highest BCUT2D eigenvalue weighted by atomic mass is 32.2. The summed E-state index contributed by atoms with van der Waals surface area (Å²) in [4.78, 5) is 0.140. The van der Waals surface area contributed by atoms with E-state index >= 15 is 0 Å². The molecular formula is C32H58O9S. The first-order chi connectivity index (χ1) is 20.6. The van der Waals surface area contributed by atoms with Crippen LogP contribution in [-0.4, -0.2) is 94.3 Å². The normalized spacial score (nSPS) is 11.9. The molecule has 0 saturated carbocycles. The Morgan fingerprint density at radius 2 is 0.786 bits per heavy atom. The Balaban J connectivity index is 1.70. The van der Waals surface area contributed by atoms with Crippen LogP contribution in [-0.2, 0) is 42.7 Å². The molecule has 0 heterocycles. The third kappa shape index (κ3) is 24.3. The first kappa shape index (κ1) is 38.9. The quantitative estimate of drug-likeness (QED) is 0.0699. The van der Waals surface area contributed by atoms with Gasteiger partial charge in [0.1, 0.15) is 0 Å². The van der Waals surface area contributed by atoms with E-state index in [1.165, 1.54) is 76.3 Å². The maximum Gasteiger partial charge on any atom is 0.297 e. The van der Waals surface area contributed by atoms with Gasteiger partial charge in [0.05, 0.1) is 84.2 Å². The summed E-state index contributed by atoms with van der Waals surface area (Å²) in [5.41, 5.74) is 0.985. The largest absolute Gasteiger partial charge is 0.379 e. The first-order valence-corrected chi connectivity index (χ1v) is 17.4. The van der Waals surface area contributed by atoms with Gasteiger partial charge in [0.2, 0.25) is 0 Å². The van der Waals surface area contributed by atoms with Gasteiger partial charge < -0.3 is 28.4 Å². The molecule has 0 amide bonds. The molecule has 0 N–H and O–H groups in total. The molecule has 0 fully saturated rings. The van der Waals surface area contributed by atoms with Crippen molar-refractivity contribution in [2.24, 2.45) is 0 Å². The second-order valence-electron chi connectivity index (χ2n) is 10.3. The van der Waals surface area contributed by atoms with Crippen LogP contribution in [0.4, 0.5) is 0 Å². The molecule has 0 aromatic heterocycles. The van der Waals surface area contributed by atoms with Crippen LogP contribution in [0.2, 0.25) is 0 Å². The zero-order valence-electron chi connectivity index (χ0n) is 26.4. The van der Waals surface area contributed by atoms with E-state index in [2.05, 4.69) is 6.92 Å². The van der Waals surface area contributed by atoms with Crippen molar-refractivity contribution in [3.63, 3.8) is 0 Å².